The number of rotatable bonds is 5. The third kappa shape index (κ3) is 8.09. The summed E-state index contributed by atoms with van der Waals surface area (Å²) in [4.78, 5) is 0. The van der Waals surface area contributed by atoms with Crippen LogP contribution in [0.2, 0.25) is 0 Å². The van der Waals surface area contributed by atoms with Crippen LogP contribution in [0.5, 0.6) is 0 Å². The lowest BCUT2D eigenvalue weighted by atomic mass is 9.85. The Morgan fingerprint density at radius 1 is 0.417 bits per heavy atom. The average molecular weight is 792 g/mol. The van der Waals surface area contributed by atoms with Gasteiger partial charge in [0.25, 0.3) is 0 Å². The van der Waals surface area contributed by atoms with E-state index in [-0.39, 0.29) is 0 Å². The Morgan fingerprint density at radius 2 is 0.917 bits per heavy atom. The van der Waals surface area contributed by atoms with Crippen molar-refractivity contribution < 1.29 is 4.42 Å². The van der Waals surface area contributed by atoms with Gasteiger partial charge in [0.05, 0.1) is 16.7 Å². The molecule has 0 fully saturated rings. The van der Waals surface area contributed by atoms with Gasteiger partial charge in [-0.1, -0.05) is 198 Å². The summed E-state index contributed by atoms with van der Waals surface area (Å²) in [7, 11) is 0. The number of furan rings is 1. The van der Waals surface area contributed by atoms with Gasteiger partial charge in [-0.15, -0.1) is 0 Å². The van der Waals surface area contributed by atoms with Gasteiger partial charge in [-0.3, -0.25) is 0 Å². The summed E-state index contributed by atoms with van der Waals surface area (Å²) in [5.41, 5.74) is 13.0. The fourth-order valence-corrected chi connectivity index (χ4v) is 8.47. The Kier molecular flexibility index (Phi) is 15.9. The summed E-state index contributed by atoms with van der Waals surface area (Å²) >= 11 is 0. The molecular weight excluding hydrogens is 727 g/mol. The molecule has 0 saturated heterocycles. The Morgan fingerprint density at radius 3 is 1.53 bits per heavy atom. The quantitative estimate of drug-likeness (QED) is 0.159. The smallest absolute Gasteiger partial charge is 0.159 e. The van der Waals surface area contributed by atoms with Gasteiger partial charge in [-0.2, -0.15) is 0 Å². The van der Waals surface area contributed by atoms with E-state index < -0.39 is 0 Å². The molecule has 8 aromatic carbocycles. The van der Waals surface area contributed by atoms with Gasteiger partial charge in [-0.25, -0.2) is 0 Å². The van der Waals surface area contributed by atoms with E-state index in [2.05, 4.69) is 170 Å². The first-order chi connectivity index (χ1) is 29.7. The molecule has 0 bridgehead atoms. The van der Waals surface area contributed by atoms with Crippen LogP contribution in [0.1, 0.15) is 93.7 Å². The van der Waals surface area contributed by atoms with E-state index in [1.165, 1.54) is 76.7 Å². The molecule has 0 radical (unpaired) electrons. The third-order valence-electron chi connectivity index (χ3n) is 10.7. The standard InChI is InChI=1S/C48H35NO.5C2H6/c1-3-14-33-35(21-12-22-37(33)42-28-31-15-4-5-16-32(31)34-17-6-7-18-36(34)42)41-29-47-43(27-30(41)2)40-23-13-26-46(48(40)50-47)49-44-24-10-8-19-38(44)39-20-9-11-25-45(39)49;5*1-2/h4-13,15-29H,3,14H2,1-2H3;5*1-2H3. The largest absolute Gasteiger partial charge is 0.454 e. The van der Waals surface area contributed by atoms with Crippen LogP contribution in [0.25, 0.3) is 93.2 Å². The molecule has 10 rings (SSSR count). The van der Waals surface area contributed by atoms with Crippen molar-refractivity contribution in [3.8, 4) is 27.9 Å². The molecule has 0 saturated carbocycles. The lowest BCUT2D eigenvalue weighted by Gasteiger charge is -2.19. The molecule has 2 heterocycles. The van der Waals surface area contributed by atoms with Crippen molar-refractivity contribution in [1.82, 2.24) is 4.57 Å². The van der Waals surface area contributed by atoms with Crippen LogP contribution < -0.4 is 0 Å². The Balaban J connectivity index is 0.000000639. The molecule has 0 spiro atoms. The zero-order chi connectivity index (χ0) is 43.3. The predicted molar refractivity (Wildman–Crippen MR) is 269 cm³/mol. The fraction of sp³-hybridized carbons (Fsp3) is 0.241. The highest BCUT2D eigenvalue weighted by atomic mass is 16.3. The molecule has 0 atom stereocenters. The molecule has 0 aliphatic heterocycles. The number of nitrogens with zero attached hydrogens (tertiary/aromatic N) is 1. The highest BCUT2D eigenvalue weighted by Crippen LogP contribution is 2.43. The molecule has 0 aliphatic rings. The topological polar surface area (TPSA) is 18.1 Å². The van der Waals surface area contributed by atoms with Crippen LogP contribution in [0.4, 0.5) is 0 Å². The first-order valence-electron chi connectivity index (χ1n) is 22.7. The van der Waals surface area contributed by atoms with E-state index in [1.54, 1.807) is 0 Å². The van der Waals surface area contributed by atoms with Gasteiger partial charge >= 0.3 is 0 Å². The predicted octanol–water partition coefficient (Wildman–Crippen LogP) is 18.7. The first kappa shape index (κ1) is 45.0. The highest BCUT2D eigenvalue weighted by molar-refractivity contribution is 6.15. The lowest BCUT2D eigenvalue weighted by molar-refractivity contribution is 0.666. The summed E-state index contributed by atoms with van der Waals surface area (Å²) in [6.07, 6.45) is 2.05. The second-order valence-electron chi connectivity index (χ2n) is 13.6. The molecule has 0 amide bonds. The summed E-state index contributed by atoms with van der Waals surface area (Å²) in [6, 6.07) is 55.4. The molecule has 308 valence electrons. The van der Waals surface area contributed by atoms with Gasteiger partial charge in [0.1, 0.15) is 5.58 Å². The van der Waals surface area contributed by atoms with Gasteiger partial charge in [0.2, 0.25) is 0 Å². The molecule has 0 N–H and O–H groups in total. The molecule has 60 heavy (non-hydrogen) atoms. The van der Waals surface area contributed by atoms with Crippen LogP contribution in [0, 0.1) is 6.92 Å². The van der Waals surface area contributed by atoms with E-state index in [9.17, 15) is 0 Å². The van der Waals surface area contributed by atoms with Crippen molar-refractivity contribution >= 4 is 65.3 Å². The summed E-state index contributed by atoms with van der Waals surface area (Å²) in [5.74, 6) is 0. The second kappa shape index (κ2) is 21.2. The van der Waals surface area contributed by atoms with Gasteiger partial charge in [0.15, 0.2) is 5.58 Å². The maximum absolute atomic E-state index is 6.92. The third-order valence-corrected chi connectivity index (χ3v) is 10.7. The van der Waals surface area contributed by atoms with Gasteiger partial charge in [-0.05, 0) is 105 Å². The minimum absolute atomic E-state index is 0.913. The molecule has 2 heteroatoms. The van der Waals surface area contributed by atoms with E-state index in [0.717, 1.165) is 40.5 Å². The summed E-state index contributed by atoms with van der Waals surface area (Å²) in [5, 5.41) is 9.94. The van der Waals surface area contributed by atoms with Crippen LogP contribution in [-0.4, -0.2) is 4.57 Å². The van der Waals surface area contributed by atoms with Gasteiger partial charge in [0, 0.05) is 21.5 Å². The molecule has 2 aromatic heterocycles. The number of para-hydroxylation sites is 3. The fourth-order valence-electron chi connectivity index (χ4n) is 8.47. The van der Waals surface area contributed by atoms with E-state index in [1.807, 2.05) is 69.2 Å². The average Bonchev–Trinajstić information content (AvgIpc) is 3.87. The van der Waals surface area contributed by atoms with E-state index >= 15 is 0 Å². The maximum atomic E-state index is 6.92. The Hall–Kier alpha value is -6.12. The lowest BCUT2D eigenvalue weighted by Crippen LogP contribution is -1.97. The second-order valence-corrected chi connectivity index (χ2v) is 13.6. The van der Waals surface area contributed by atoms with Crippen molar-refractivity contribution in [2.45, 2.75) is 95.9 Å². The summed E-state index contributed by atoms with van der Waals surface area (Å²) < 4.78 is 9.28. The normalized spacial score (nSPS) is 10.5. The van der Waals surface area contributed by atoms with Crippen molar-refractivity contribution in [2.24, 2.45) is 0 Å². The van der Waals surface area contributed by atoms with Crippen LogP contribution in [-0.2, 0) is 6.42 Å². The van der Waals surface area contributed by atoms with E-state index in [4.69, 9.17) is 4.42 Å². The van der Waals surface area contributed by atoms with E-state index in [0.29, 0.717) is 0 Å². The zero-order valence-electron chi connectivity index (χ0n) is 38.2. The molecular formula is C58H65NO. The van der Waals surface area contributed by atoms with Gasteiger partial charge < -0.3 is 8.98 Å². The van der Waals surface area contributed by atoms with Crippen molar-refractivity contribution in [1.29, 1.82) is 0 Å². The molecule has 2 nitrogen and oxygen atoms in total. The SMILES string of the molecule is CC.CC.CC.CC.CC.CCCc1c(-c2cc3oc4c(-n5c6ccccc6c6ccccc65)cccc4c3cc2C)cccc1-c1cc2ccccc2c2ccccc12. The maximum Gasteiger partial charge on any atom is 0.159 e. The number of hydrogen-bond donors (Lipinski definition) is 0. The number of fused-ring (bicyclic) bond motifs is 9. The van der Waals surface area contributed by atoms with Crippen molar-refractivity contribution in [3.05, 3.63) is 163 Å². The number of benzene rings is 8. The minimum atomic E-state index is 0.913. The molecule has 10 aromatic rings. The Labute approximate surface area is 359 Å². The summed E-state index contributed by atoms with van der Waals surface area (Å²) in [6.45, 7) is 24.5. The van der Waals surface area contributed by atoms with Crippen molar-refractivity contribution in [3.63, 3.8) is 0 Å². The van der Waals surface area contributed by atoms with Crippen LogP contribution >= 0.6 is 0 Å². The Bertz CT molecular complexity index is 2900. The highest BCUT2D eigenvalue weighted by Gasteiger charge is 2.20. The van der Waals surface area contributed by atoms with Crippen LogP contribution in [0.3, 0.4) is 0 Å². The first-order valence-corrected chi connectivity index (χ1v) is 22.7. The number of aryl methyl sites for hydroxylation is 1. The zero-order valence-corrected chi connectivity index (χ0v) is 38.2. The minimum Gasteiger partial charge on any atom is -0.454 e. The van der Waals surface area contributed by atoms with Crippen LogP contribution in [0.15, 0.2) is 156 Å². The number of aromatic nitrogens is 1. The monoisotopic (exact) mass is 792 g/mol. The molecule has 0 unspecified atom stereocenters. The number of hydrogen-bond acceptors (Lipinski definition) is 1. The van der Waals surface area contributed by atoms with Crippen molar-refractivity contribution in [2.75, 3.05) is 0 Å². The molecule has 0 aliphatic carbocycles.